The highest BCUT2D eigenvalue weighted by atomic mass is 16.5. The van der Waals surface area contributed by atoms with Gasteiger partial charge in [-0.25, -0.2) is 0 Å². The Morgan fingerprint density at radius 3 is 2.38 bits per heavy atom. The molecule has 130 valence electrons. The van der Waals surface area contributed by atoms with E-state index >= 15 is 0 Å². The summed E-state index contributed by atoms with van der Waals surface area (Å²) in [4.78, 5) is 11.4. The lowest BCUT2D eigenvalue weighted by Crippen LogP contribution is -1.98. The number of hydrogen-bond acceptors (Lipinski definition) is 3. The van der Waals surface area contributed by atoms with E-state index in [-0.39, 0.29) is 5.78 Å². The lowest BCUT2D eigenvalue weighted by Gasteiger charge is -2.07. The van der Waals surface area contributed by atoms with Gasteiger partial charge >= 0.3 is 0 Å². The third kappa shape index (κ3) is 5.22. The van der Waals surface area contributed by atoms with E-state index in [9.17, 15) is 4.79 Å². The Hall–Kier alpha value is -2.10. The molecule has 0 amide bonds. The highest BCUT2D eigenvalue weighted by molar-refractivity contribution is 5.93. The van der Waals surface area contributed by atoms with Gasteiger partial charge in [0.05, 0.1) is 12.3 Å². The molecule has 0 saturated heterocycles. The van der Waals surface area contributed by atoms with E-state index < -0.39 is 0 Å². The molecule has 0 saturated carbocycles. The lowest BCUT2D eigenvalue weighted by molar-refractivity contribution is 0.101. The molecular formula is C20H28N2O2. The second kappa shape index (κ2) is 9.26. The molecule has 0 radical (unpaired) electrons. The molecule has 0 unspecified atom stereocenters. The summed E-state index contributed by atoms with van der Waals surface area (Å²) in [7, 11) is 1.85. The molecule has 0 fully saturated rings. The van der Waals surface area contributed by atoms with Crippen LogP contribution in [0.2, 0.25) is 0 Å². The molecule has 4 nitrogen and oxygen atoms in total. The SMILES string of the molecule is CCCCCCCCOc1ccc(-c2cc(C(C)=O)nn2C)cc1. The minimum Gasteiger partial charge on any atom is -0.494 e. The van der Waals surface area contributed by atoms with Gasteiger partial charge in [0.2, 0.25) is 0 Å². The van der Waals surface area contributed by atoms with Crippen molar-refractivity contribution in [3.63, 3.8) is 0 Å². The average Bonchev–Trinajstić information content (AvgIpc) is 2.97. The number of carbonyl (C=O) groups is 1. The summed E-state index contributed by atoms with van der Waals surface area (Å²) >= 11 is 0. The summed E-state index contributed by atoms with van der Waals surface area (Å²) in [6.45, 7) is 4.54. The molecule has 0 bridgehead atoms. The van der Waals surface area contributed by atoms with Gasteiger partial charge in [-0.3, -0.25) is 9.48 Å². The molecule has 0 aliphatic carbocycles. The van der Waals surface area contributed by atoms with Crippen molar-refractivity contribution in [2.75, 3.05) is 6.61 Å². The molecule has 0 spiro atoms. The van der Waals surface area contributed by atoms with Crippen LogP contribution >= 0.6 is 0 Å². The van der Waals surface area contributed by atoms with Crippen molar-refractivity contribution in [1.29, 1.82) is 0 Å². The standard InChI is InChI=1S/C20H28N2O2/c1-4-5-6-7-8-9-14-24-18-12-10-17(11-13-18)20-15-19(16(2)23)21-22(20)3/h10-13,15H,4-9,14H2,1-3H3. The first-order chi connectivity index (χ1) is 11.6. The maximum Gasteiger partial charge on any atom is 0.180 e. The van der Waals surface area contributed by atoms with E-state index in [1.165, 1.54) is 39.0 Å². The zero-order valence-corrected chi connectivity index (χ0v) is 15.0. The minimum atomic E-state index is -0.0178. The molecule has 0 N–H and O–H groups in total. The molecule has 24 heavy (non-hydrogen) atoms. The molecule has 0 atom stereocenters. The topological polar surface area (TPSA) is 44.1 Å². The molecule has 1 aromatic heterocycles. The predicted molar refractivity (Wildman–Crippen MR) is 97.5 cm³/mol. The van der Waals surface area contributed by atoms with Crippen LogP contribution in [-0.4, -0.2) is 22.2 Å². The Balaban J connectivity index is 1.84. The monoisotopic (exact) mass is 328 g/mol. The van der Waals surface area contributed by atoms with Crippen molar-refractivity contribution in [1.82, 2.24) is 9.78 Å². The fraction of sp³-hybridized carbons (Fsp3) is 0.500. The second-order valence-electron chi connectivity index (χ2n) is 6.24. The summed E-state index contributed by atoms with van der Waals surface area (Å²) in [6.07, 6.45) is 7.60. The molecule has 2 rings (SSSR count). The predicted octanol–water partition coefficient (Wildman–Crippen LogP) is 5.03. The number of ketones is 1. The summed E-state index contributed by atoms with van der Waals surface area (Å²) in [5, 5.41) is 4.24. The van der Waals surface area contributed by atoms with E-state index in [1.807, 2.05) is 37.4 Å². The fourth-order valence-electron chi connectivity index (χ4n) is 2.70. The van der Waals surface area contributed by atoms with E-state index in [4.69, 9.17) is 4.74 Å². The van der Waals surface area contributed by atoms with Crippen LogP contribution in [0.15, 0.2) is 30.3 Å². The number of aromatic nitrogens is 2. The Kier molecular flexibility index (Phi) is 7.04. The number of rotatable bonds is 10. The number of aryl methyl sites for hydroxylation is 1. The van der Waals surface area contributed by atoms with E-state index in [1.54, 1.807) is 4.68 Å². The number of benzene rings is 1. The van der Waals surface area contributed by atoms with Gasteiger partial charge in [-0.2, -0.15) is 5.10 Å². The third-order valence-corrected chi connectivity index (χ3v) is 4.16. The smallest absolute Gasteiger partial charge is 0.180 e. The molecular weight excluding hydrogens is 300 g/mol. The maximum absolute atomic E-state index is 11.4. The van der Waals surface area contributed by atoms with Gasteiger partial charge in [0, 0.05) is 19.5 Å². The summed E-state index contributed by atoms with van der Waals surface area (Å²) < 4.78 is 7.54. The summed E-state index contributed by atoms with van der Waals surface area (Å²) in [5.74, 6) is 0.872. The number of hydrogen-bond donors (Lipinski definition) is 0. The minimum absolute atomic E-state index is 0.0178. The fourth-order valence-corrected chi connectivity index (χ4v) is 2.70. The maximum atomic E-state index is 11.4. The lowest BCUT2D eigenvalue weighted by atomic mass is 10.1. The molecule has 1 aromatic carbocycles. The first kappa shape index (κ1) is 18.2. The number of Topliss-reactive ketones (excluding diaryl/α,β-unsaturated/α-hetero) is 1. The molecule has 4 heteroatoms. The Labute approximate surface area is 144 Å². The zero-order valence-electron chi connectivity index (χ0n) is 15.0. The second-order valence-corrected chi connectivity index (χ2v) is 6.24. The Bertz CT molecular complexity index is 644. The third-order valence-electron chi connectivity index (χ3n) is 4.16. The van der Waals surface area contributed by atoms with Gasteiger partial charge < -0.3 is 4.74 Å². The molecule has 0 aliphatic rings. The number of ether oxygens (including phenoxy) is 1. The number of carbonyl (C=O) groups excluding carboxylic acids is 1. The van der Waals surface area contributed by atoms with Crippen LogP contribution in [0.1, 0.15) is 62.9 Å². The van der Waals surface area contributed by atoms with Crippen LogP contribution < -0.4 is 4.74 Å². The van der Waals surface area contributed by atoms with Gasteiger partial charge in [0.1, 0.15) is 11.4 Å². The largest absolute Gasteiger partial charge is 0.494 e. The van der Waals surface area contributed by atoms with Gasteiger partial charge in [-0.15, -0.1) is 0 Å². The van der Waals surface area contributed by atoms with Crippen molar-refractivity contribution < 1.29 is 9.53 Å². The van der Waals surface area contributed by atoms with Crippen molar-refractivity contribution in [2.24, 2.45) is 7.05 Å². The van der Waals surface area contributed by atoms with Crippen LogP contribution in [0.3, 0.4) is 0 Å². The molecule has 2 aromatic rings. The first-order valence-corrected chi connectivity index (χ1v) is 8.90. The summed E-state index contributed by atoms with van der Waals surface area (Å²) in [5.41, 5.74) is 2.46. The summed E-state index contributed by atoms with van der Waals surface area (Å²) in [6, 6.07) is 9.81. The highest BCUT2D eigenvalue weighted by Crippen LogP contribution is 2.23. The molecule has 1 heterocycles. The van der Waals surface area contributed by atoms with Crippen molar-refractivity contribution in [2.45, 2.75) is 52.4 Å². The van der Waals surface area contributed by atoms with Crippen LogP contribution in [0.25, 0.3) is 11.3 Å². The van der Waals surface area contributed by atoms with E-state index in [0.717, 1.165) is 30.0 Å². The number of unbranched alkanes of at least 4 members (excludes halogenated alkanes) is 5. The Morgan fingerprint density at radius 1 is 1.08 bits per heavy atom. The highest BCUT2D eigenvalue weighted by Gasteiger charge is 2.10. The van der Waals surface area contributed by atoms with Crippen LogP contribution in [0, 0.1) is 0 Å². The Morgan fingerprint density at radius 2 is 1.75 bits per heavy atom. The van der Waals surface area contributed by atoms with Crippen LogP contribution in [-0.2, 0) is 7.05 Å². The first-order valence-electron chi connectivity index (χ1n) is 8.90. The van der Waals surface area contributed by atoms with Gasteiger partial charge in [0.15, 0.2) is 5.78 Å². The normalized spacial score (nSPS) is 10.8. The van der Waals surface area contributed by atoms with Crippen LogP contribution in [0.5, 0.6) is 5.75 Å². The van der Waals surface area contributed by atoms with Gasteiger partial charge in [0.25, 0.3) is 0 Å². The van der Waals surface area contributed by atoms with E-state index in [2.05, 4.69) is 12.0 Å². The zero-order chi connectivity index (χ0) is 17.4. The average molecular weight is 328 g/mol. The quantitative estimate of drug-likeness (QED) is 0.454. The van der Waals surface area contributed by atoms with E-state index in [0.29, 0.717) is 5.69 Å². The molecule has 0 aliphatic heterocycles. The van der Waals surface area contributed by atoms with Crippen molar-refractivity contribution >= 4 is 5.78 Å². The van der Waals surface area contributed by atoms with Gasteiger partial charge in [-0.05, 0) is 36.8 Å². The number of nitrogens with zero attached hydrogens (tertiary/aromatic N) is 2. The van der Waals surface area contributed by atoms with Gasteiger partial charge in [-0.1, -0.05) is 39.0 Å². The van der Waals surface area contributed by atoms with Crippen molar-refractivity contribution in [3.8, 4) is 17.0 Å². The van der Waals surface area contributed by atoms with Crippen LogP contribution in [0.4, 0.5) is 0 Å². The van der Waals surface area contributed by atoms with Crippen molar-refractivity contribution in [3.05, 3.63) is 36.0 Å².